The molecule has 1 aliphatic rings. The third-order valence-electron chi connectivity index (χ3n) is 3.91. The lowest BCUT2D eigenvalue weighted by molar-refractivity contribution is 0.0403. The van der Waals surface area contributed by atoms with Crippen LogP contribution >= 0.6 is 0 Å². The minimum Gasteiger partial charge on any atom is -0.381 e. The summed E-state index contributed by atoms with van der Waals surface area (Å²) >= 11 is 0. The van der Waals surface area contributed by atoms with E-state index in [0.29, 0.717) is 6.04 Å². The Morgan fingerprint density at radius 3 is 2.68 bits per heavy atom. The highest BCUT2D eigenvalue weighted by atomic mass is 19.1. The van der Waals surface area contributed by atoms with E-state index in [9.17, 15) is 4.39 Å². The smallest absolute Gasteiger partial charge is 0.128 e. The molecule has 1 saturated heterocycles. The van der Waals surface area contributed by atoms with E-state index >= 15 is 0 Å². The standard InChI is InChI=1S/C15H23FN2O/c1-17-15(13-5-3-4-6-14(13)16)11-18(2)12-7-9-19-10-8-12/h3-6,12,15,17H,7-11H2,1-2H3. The average molecular weight is 266 g/mol. The Hall–Kier alpha value is -0.970. The van der Waals surface area contributed by atoms with Gasteiger partial charge in [-0.2, -0.15) is 0 Å². The molecule has 1 N–H and O–H groups in total. The van der Waals surface area contributed by atoms with Crippen molar-refractivity contribution in [2.24, 2.45) is 0 Å². The first kappa shape index (κ1) is 14.4. The van der Waals surface area contributed by atoms with Gasteiger partial charge in [0.25, 0.3) is 0 Å². The van der Waals surface area contributed by atoms with Gasteiger partial charge in [-0.25, -0.2) is 4.39 Å². The molecular weight excluding hydrogens is 243 g/mol. The molecule has 2 rings (SSSR count). The van der Waals surface area contributed by atoms with Gasteiger partial charge < -0.3 is 15.0 Å². The molecule has 106 valence electrons. The summed E-state index contributed by atoms with van der Waals surface area (Å²) in [6.45, 7) is 2.47. The van der Waals surface area contributed by atoms with Crippen LogP contribution in [0.4, 0.5) is 4.39 Å². The second-order valence-corrected chi connectivity index (χ2v) is 5.15. The third-order valence-corrected chi connectivity index (χ3v) is 3.91. The number of halogens is 1. The van der Waals surface area contributed by atoms with Gasteiger partial charge in [0.1, 0.15) is 5.82 Å². The summed E-state index contributed by atoms with van der Waals surface area (Å²) in [7, 11) is 4.00. The van der Waals surface area contributed by atoms with Crippen LogP contribution in [0.2, 0.25) is 0 Å². The van der Waals surface area contributed by atoms with Crippen molar-refractivity contribution < 1.29 is 9.13 Å². The summed E-state index contributed by atoms with van der Waals surface area (Å²) in [4.78, 5) is 2.32. The van der Waals surface area contributed by atoms with Crippen LogP contribution in [0.5, 0.6) is 0 Å². The number of likely N-dealkylation sites (N-methyl/N-ethyl adjacent to an activating group) is 2. The number of nitrogens with zero attached hydrogens (tertiary/aromatic N) is 1. The van der Waals surface area contributed by atoms with E-state index in [0.717, 1.165) is 38.2 Å². The number of rotatable bonds is 5. The first-order valence-electron chi connectivity index (χ1n) is 6.92. The first-order chi connectivity index (χ1) is 9.22. The van der Waals surface area contributed by atoms with Crippen LogP contribution in [0.3, 0.4) is 0 Å². The number of benzene rings is 1. The minimum absolute atomic E-state index is 0.0223. The van der Waals surface area contributed by atoms with Crippen LogP contribution in [-0.4, -0.2) is 44.8 Å². The lowest BCUT2D eigenvalue weighted by Crippen LogP contribution is -2.41. The monoisotopic (exact) mass is 266 g/mol. The molecule has 0 aliphatic carbocycles. The van der Waals surface area contributed by atoms with Crippen LogP contribution in [0, 0.1) is 5.82 Å². The van der Waals surface area contributed by atoms with Gasteiger partial charge in [0, 0.05) is 37.4 Å². The first-order valence-corrected chi connectivity index (χ1v) is 6.92. The zero-order valence-electron chi connectivity index (χ0n) is 11.7. The van der Waals surface area contributed by atoms with Crippen molar-refractivity contribution in [2.75, 3.05) is 33.9 Å². The van der Waals surface area contributed by atoms with E-state index < -0.39 is 0 Å². The molecule has 0 amide bonds. The number of hydrogen-bond donors (Lipinski definition) is 1. The van der Waals surface area contributed by atoms with Gasteiger partial charge in [0.2, 0.25) is 0 Å². The van der Waals surface area contributed by atoms with Crippen molar-refractivity contribution in [1.29, 1.82) is 0 Å². The fraction of sp³-hybridized carbons (Fsp3) is 0.600. The summed E-state index contributed by atoms with van der Waals surface area (Å²) in [5, 5.41) is 3.22. The van der Waals surface area contributed by atoms with Crippen molar-refractivity contribution in [2.45, 2.75) is 24.9 Å². The zero-order chi connectivity index (χ0) is 13.7. The molecule has 19 heavy (non-hydrogen) atoms. The van der Waals surface area contributed by atoms with Crippen LogP contribution in [0.15, 0.2) is 24.3 Å². The predicted octanol–water partition coefficient (Wildman–Crippen LogP) is 2.20. The van der Waals surface area contributed by atoms with Crippen LogP contribution < -0.4 is 5.32 Å². The highest BCUT2D eigenvalue weighted by Crippen LogP contribution is 2.20. The highest BCUT2D eigenvalue weighted by Gasteiger charge is 2.22. The van der Waals surface area contributed by atoms with Crippen LogP contribution in [-0.2, 0) is 4.74 Å². The maximum atomic E-state index is 13.8. The molecule has 3 nitrogen and oxygen atoms in total. The Balaban J connectivity index is 2.00. The fourth-order valence-corrected chi connectivity index (χ4v) is 2.67. The second-order valence-electron chi connectivity index (χ2n) is 5.15. The lowest BCUT2D eigenvalue weighted by atomic mass is 10.0. The molecule has 1 unspecified atom stereocenters. The van der Waals surface area contributed by atoms with Crippen molar-refractivity contribution >= 4 is 0 Å². The van der Waals surface area contributed by atoms with E-state index in [2.05, 4.69) is 17.3 Å². The Kier molecular flexibility index (Phi) is 5.31. The minimum atomic E-state index is -0.137. The van der Waals surface area contributed by atoms with Gasteiger partial charge in [-0.1, -0.05) is 18.2 Å². The molecule has 0 radical (unpaired) electrons. The van der Waals surface area contributed by atoms with Crippen molar-refractivity contribution in [3.63, 3.8) is 0 Å². The molecule has 1 aliphatic heterocycles. The van der Waals surface area contributed by atoms with Gasteiger partial charge >= 0.3 is 0 Å². The van der Waals surface area contributed by atoms with E-state index in [1.807, 2.05) is 19.2 Å². The van der Waals surface area contributed by atoms with E-state index in [1.165, 1.54) is 6.07 Å². The maximum Gasteiger partial charge on any atom is 0.128 e. The van der Waals surface area contributed by atoms with E-state index in [4.69, 9.17) is 4.74 Å². The lowest BCUT2D eigenvalue weighted by Gasteiger charge is -2.33. The molecule has 0 aromatic heterocycles. The number of ether oxygens (including phenoxy) is 1. The predicted molar refractivity (Wildman–Crippen MR) is 74.7 cm³/mol. The number of nitrogens with one attached hydrogen (secondary N) is 1. The molecule has 0 saturated carbocycles. The highest BCUT2D eigenvalue weighted by molar-refractivity contribution is 5.21. The summed E-state index contributed by atoms with van der Waals surface area (Å²) in [6, 6.07) is 7.55. The molecule has 1 aromatic carbocycles. The zero-order valence-corrected chi connectivity index (χ0v) is 11.7. The van der Waals surface area contributed by atoms with Gasteiger partial charge in [-0.05, 0) is 33.0 Å². The van der Waals surface area contributed by atoms with Crippen LogP contribution in [0.25, 0.3) is 0 Å². The summed E-state index contributed by atoms with van der Waals surface area (Å²) in [6.07, 6.45) is 2.12. The SMILES string of the molecule is CNC(CN(C)C1CCOCC1)c1ccccc1F. The average Bonchev–Trinajstić information content (AvgIpc) is 2.46. The van der Waals surface area contributed by atoms with Gasteiger partial charge in [0.05, 0.1) is 0 Å². The molecule has 1 fully saturated rings. The normalized spacial score (nSPS) is 18.7. The summed E-state index contributed by atoms with van der Waals surface area (Å²) in [5.74, 6) is -0.137. The third kappa shape index (κ3) is 3.75. The van der Waals surface area contributed by atoms with Gasteiger partial charge in [-0.3, -0.25) is 0 Å². The second kappa shape index (κ2) is 6.98. The van der Waals surface area contributed by atoms with Crippen molar-refractivity contribution in [3.8, 4) is 0 Å². The van der Waals surface area contributed by atoms with E-state index in [1.54, 1.807) is 6.07 Å². The molecule has 0 bridgehead atoms. The summed E-state index contributed by atoms with van der Waals surface area (Å²) in [5.41, 5.74) is 0.740. The van der Waals surface area contributed by atoms with E-state index in [-0.39, 0.29) is 11.9 Å². The molecule has 1 atom stereocenters. The Morgan fingerprint density at radius 2 is 2.05 bits per heavy atom. The van der Waals surface area contributed by atoms with Gasteiger partial charge in [-0.15, -0.1) is 0 Å². The Morgan fingerprint density at radius 1 is 1.37 bits per heavy atom. The summed E-state index contributed by atoms with van der Waals surface area (Å²) < 4.78 is 19.2. The quantitative estimate of drug-likeness (QED) is 0.884. The molecule has 0 spiro atoms. The van der Waals surface area contributed by atoms with Gasteiger partial charge in [0.15, 0.2) is 0 Å². The molecule has 1 heterocycles. The molecule has 1 aromatic rings. The van der Waals surface area contributed by atoms with Crippen molar-refractivity contribution in [3.05, 3.63) is 35.6 Å². The molecular formula is C15H23FN2O. The van der Waals surface area contributed by atoms with Crippen molar-refractivity contribution in [1.82, 2.24) is 10.2 Å². The topological polar surface area (TPSA) is 24.5 Å². The molecule has 4 heteroatoms. The fourth-order valence-electron chi connectivity index (χ4n) is 2.67. The number of hydrogen-bond acceptors (Lipinski definition) is 3. The van der Waals surface area contributed by atoms with Crippen LogP contribution in [0.1, 0.15) is 24.4 Å². The largest absolute Gasteiger partial charge is 0.381 e. The Labute approximate surface area is 114 Å². The Bertz CT molecular complexity index is 393. The maximum absolute atomic E-state index is 13.8.